The van der Waals surface area contributed by atoms with E-state index in [2.05, 4.69) is 0 Å². The summed E-state index contributed by atoms with van der Waals surface area (Å²) in [7, 11) is 0. The van der Waals surface area contributed by atoms with Gasteiger partial charge in [-0.05, 0) is 6.92 Å². The molecular weight excluding hydrogens is 106 g/mol. The molecular formula is C5H9NO2. The predicted molar refractivity (Wildman–Crippen MR) is 28.0 cm³/mol. The zero-order valence-corrected chi connectivity index (χ0v) is 4.79. The number of nitrogens with zero attached hydrogens (tertiary/aromatic N) is 1. The topological polar surface area (TPSA) is 40.5 Å². The van der Waals surface area contributed by atoms with Gasteiger partial charge in [-0.15, -0.1) is 0 Å². The van der Waals surface area contributed by atoms with Gasteiger partial charge in [0.25, 0.3) is 0 Å². The van der Waals surface area contributed by atoms with E-state index in [0.717, 1.165) is 0 Å². The minimum atomic E-state index is -0.845. The van der Waals surface area contributed by atoms with Crippen molar-refractivity contribution in [3.63, 3.8) is 0 Å². The molecule has 1 N–H and O–H groups in total. The van der Waals surface area contributed by atoms with E-state index in [9.17, 15) is 4.79 Å². The van der Waals surface area contributed by atoms with Gasteiger partial charge in [0, 0.05) is 13.0 Å². The third-order valence-corrected chi connectivity index (χ3v) is 1.57. The molecule has 1 amide bonds. The molecule has 1 aliphatic heterocycles. The molecule has 3 nitrogen and oxygen atoms in total. The summed E-state index contributed by atoms with van der Waals surface area (Å²) in [5.41, 5.74) is -0.845. The summed E-state index contributed by atoms with van der Waals surface area (Å²) in [4.78, 5) is 11.3. The first-order valence-electron chi connectivity index (χ1n) is 2.61. The molecule has 0 bridgehead atoms. The van der Waals surface area contributed by atoms with Gasteiger partial charge in [-0.3, -0.25) is 4.79 Å². The molecule has 0 aromatic heterocycles. The van der Waals surface area contributed by atoms with Crippen LogP contribution < -0.4 is 0 Å². The summed E-state index contributed by atoms with van der Waals surface area (Å²) < 4.78 is 0. The highest BCUT2D eigenvalue weighted by molar-refractivity contribution is 5.49. The molecule has 0 aromatic carbocycles. The zero-order chi connectivity index (χ0) is 6.20. The van der Waals surface area contributed by atoms with Gasteiger partial charge in [0.2, 0.25) is 6.41 Å². The van der Waals surface area contributed by atoms with Crippen molar-refractivity contribution in [2.75, 3.05) is 6.54 Å². The van der Waals surface area contributed by atoms with Crippen LogP contribution in [0.4, 0.5) is 0 Å². The summed E-state index contributed by atoms with van der Waals surface area (Å²) in [5.74, 6) is 0. The maximum Gasteiger partial charge on any atom is 0.211 e. The minimum absolute atomic E-state index is 0.670. The fourth-order valence-electron chi connectivity index (χ4n) is 0.731. The van der Waals surface area contributed by atoms with E-state index in [1.807, 2.05) is 0 Å². The Hall–Kier alpha value is -0.570. The molecule has 1 atom stereocenters. The number of carbonyl (C=O) groups is 1. The fraction of sp³-hybridized carbons (Fsp3) is 0.800. The number of hydrogen-bond acceptors (Lipinski definition) is 2. The van der Waals surface area contributed by atoms with E-state index >= 15 is 0 Å². The number of aliphatic hydroxyl groups is 1. The van der Waals surface area contributed by atoms with Crippen molar-refractivity contribution in [2.24, 2.45) is 0 Å². The van der Waals surface area contributed by atoms with Crippen LogP contribution in [0.2, 0.25) is 0 Å². The first-order chi connectivity index (χ1) is 3.67. The molecule has 0 radical (unpaired) electrons. The van der Waals surface area contributed by atoms with E-state index in [1.54, 1.807) is 6.92 Å². The van der Waals surface area contributed by atoms with Crippen molar-refractivity contribution >= 4 is 6.41 Å². The highest BCUT2D eigenvalue weighted by Crippen LogP contribution is 2.24. The lowest BCUT2D eigenvalue weighted by Crippen LogP contribution is -2.56. The first-order valence-corrected chi connectivity index (χ1v) is 2.61. The number of rotatable bonds is 1. The zero-order valence-electron chi connectivity index (χ0n) is 4.79. The molecule has 1 aliphatic rings. The molecule has 1 saturated heterocycles. The molecule has 0 aliphatic carbocycles. The Morgan fingerprint density at radius 1 is 1.88 bits per heavy atom. The van der Waals surface area contributed by atoms with Gasteiger partial charge in [-0.2, -0.15) is 0 Å². The smallest absolute Gasteiger partial charge is 0.211 e. The molecule has 46 valence electrons. The van der Waals surface area contributed by atoms with Crippen molar-refractivity contribution in [3.8, 4) is 0 Å². The van der Waals surface area contributed by atoms with E-state index in [4.69, 9.17) is 5.11 Å². The Morgan fingerprint density at radius 2 is 2.50 bits per heavy atom. The minimum Gasteiger partial charge on any atom is -0.371 e. The lowest BCUT2D eigenvalue weighted by atomic mass is 10.0. The van der Waals surface area contributed by atoms with Crippen LogP contribution in [0.15, 0.2) is 0 Å². The molecule has 8 heavy (non-hydrogen) atoms. The van der Waals surface area contributed by atoms with Gasteiger partial charge in [-0.1, -0.05) is 0 Å². The van der Waals surface area contributed by atoms with E-state index < -0.39 is 5.72 Å². The largest absolute Gasteiger partial charge is 0.371 e. The van der Waals surface area contributed by atoms with Crippen molar-refractivity contribution < 1.29 is 9.90 Å². The van der Waals surface area contributed by atoms with E-state index in [1.165, 1.54) is 4.90 Å². The highest BCUT2D eigenvalue weighted by Gasteiger charge is 2.36. The SMILES string of the molecule is CC1(O)CCN1C=O. The number of hydrogen-bond donors (Lipinski definition) is 1. The lowest BCUT2D eigenvalue weighted by molar-refractivity contribution is -0.173. The normalized spacial score (nSPS) is 36.5. The lowest BCUT2D eigenvalue weighted by Gasteiger charge is -2.43. The third kappa shape index (κ3) is 0.591. The van der Waals surface area contributed by atoms with Crippen LogP contribution in [-0.2, 0) is 4.79 Å². The highest BCUT2D eigenvalue weighted by atomic mass is 16.3. The third-order valence-electron chi connectivity index (χ3n) is 1.57. The average Bonchev–Trinajstić information content (AvgIpc) is 1.66. The van der Waals surface area contributed by atoms with Crippen LogP contribution in [0.3, 0.4) is 0 Å². The Kier molecular flexibility index (Phi) is 1.01. The number of likely N-dealkylation sites (tertiary alicyclic amines) is 1. The van der Waals surface area contributed by atoms with Crippen LogP contribution in [0.25, 0.3) is 0 Å². The molecule has 0 spiro atoms. The van der Waals surface area contributed by atoms with Crippen LogP contribution in [0, 0.1) is 0 Å². The van der Waals surface area contributed by atoms with Crippen LogP contribution in [0.1, 0.15) is 13.3 Å². The molecule has 1 heterocycles. The van der Waals surface area contributed by atoms with Gasteiger partial charge in [0.05, 0.1) is 0 Å². The Labute approximate surface area is 47.9 Å². The van der Waals surface area contributed by atoms with Crippen molar-refractivity contribution in [3.05, 3.63) is 0 Å². The summed E-state index contributed by atoms with van der Waals surface area (Å²) in [6, 6.07) is 0. The molecule has 3 heteroatoms. The second kappa shape index (κ2) is 1.45. The van der Waals surface area contributed by atoms with Gasteiger partial charge >= 0.3 is 0 Å². The van der Waals surface area contributed by atoms with Gasteiger partial charge in [0.1, 0.15) is 5.72 Å². The van der Waals surface area contributed by atoms with Crippen LogP contribution in [0.5, 0.6) is 0 Å². The maximum atomic E-state index is 9.97. The Balaban J connectivity index is 2.49. The van der Waals surface area contributed by atoms with Gasteiger partial charge < -0.3 is 10.0 Å². The molecule has 0 saturated carbocycles. The quantitative estimate of drug-likeness (QED) is 0.470. The Bertz CT molecular complexity index is 111. The second-order valence-corrected chi connectivity index (χ2v) is 2.27. The van der Waals surface area contributed by atoms with Crippen molar-refractivity contribution in [1.29, 1.82) is 0 Å². The van der Waals surface area contributed by atoms with E-state index in [0.29, 0.717) is 19.4 Å². The molecule has 0 aromatic rings. The molecule has 1 rings (SSSR count). The van der Waals surface area contributed by atoms with Crippen molar-refractivity contribution in [2.45, 2.75) is 19.1 Å². The first kappa shape index (κ1) is 5.56. The second-order valence-electron chi connectivity index (χ2n) is 2.27. The molecule has 1 fully saturated rings. The Morgan fingerprint density at radius 3 is 2.50 bits per heavy atom. The monoisotopic (exact) mass is 115 g/mol. The molecule has 1 unspecified atom stereocenters. The van der Waals surface area contributed by atoms with E-state index in [-0.39, 0.29) is 0 Å². The number of amides is 1. The number of carbonyl (C=O) groups excluding carboxylic acids is 1. The van der Waals surface area contributed by atoms with Crippen LogP contribution in [-0.4, -0.2) is 28.7 Å². The fourth-order valence-corrected chi connectivity index (χ4v) is 0.731. The van der Waals surface area contributed by atoms with Gasteiger partial charge in [-0.25, -0.2) is 0 Å². The van der Waals surface area contributed by atoms with Crippen LogP contribution >= 0.6 is 0 Å². The van der Waals surface area contributed by atoms with Crippen molar-refractivity contribution in [1.82, 2.24) is 4.90 Å². The maximum absolute atomic E-state index is 9.97. The predicted octanol–water partition coefficient (Wildman–Crippen LogP) is -0.443. The average molecular weight is 115 g/mol. The van der Waals surface area contributed by atoms with Gasteiger partial charge in [0.15, 0.2) is 0 Å². The summed E-state index contributed by atoms with van der Waals surface area (Å²) in [5, 5.41) is 9.07. The summed E-state index contributed by atoms with van der Waals surface area (Å²) >= 11 is 0. The summed E-state index contributed by atoms with van der Waals surface area (Å²) in [6.07, 6.45) is 1.37. The summed E-state index contributed by atoms with van der Waals surface area (Å²) in [6.45, 7) is 2.32. The standard InChI is InChI=1S/C5H9NO2/c1-5(8)2-3-6(5)4-7/h4,8H,2-3H2,1H3.